The minimum atomic E-state index is -0.911. The van der Waals surface area contributed by atoms with Crippen LogP contribution in [-0.4, -0.2) is 73.0 Å². The van der Waals surface area contributed by atoms with Crippen molar-refractivity contribution in [1.29, 1.82) is 0 Å². The number of hydrogen-bond acceptors (Lipinski definition) is 6. The van der Waals surface area contributed by atoms with Gasteiger partial charge in [-0.1, -0.05) is 66.7 Å². The first kappa shape index (κ1) is 32.0. The van der Waals surface area contributed by atoms with Crippen molar-refractivity contribution in [3.8, 4) is 0 Å². The molecule has 1 saturated heterocycles. The van der Waals surface area contributed by atoms with Gasteiger partial charge in [-0.05, 0) is 56.7 Å². The molecule has 1 aliphatic rings. The van der Waals surface area contributed by atoms with Crippen LogP contribution in [0.4, 0.5) is 0 Å². The number of nitrogens with zero attached hydrogens (tertiary/aromatic N) is 2. The number of carbonyl (C=O) groups excluding carboxylic acids is 3. The van der Waals surface area contributed by atoms with E-state index in [0.29, 0.717) is 38.8 Å². The molecule has 0 aromatic heterocycles. The van der Waals surface area contributed by atoms with Crippen LogP contribution in [0.2, 0.25) is 0 Å². The zero-order valence-electron chi connectivity index (χ0n) is 24.8. The first-order valence-corrected chi connectivity index (χ1v) is 14.2. The van der Waals surface area contributed by atoms with Crippen molar-refractivity contribution in [2.24, 2.45) is 11.1 Å². The zero-order valence-corrected chi connectivity index (χ0v) is 24.8. The monoisotopic (exact) mass is 563 g/mol. The van der Waals surface area contributed by atoms with Crippen LogP contribution in [0.5, 0.6) is 0 Å². The molecule has 0 unspecified atom stereocenters. The molecule has 0 saturated carbocycles. The number of ether oxygens (including phenoxy) is 1. The molecule has 222 valence electrons. The van der Waals surface area contributed by atoms with Crippen LogP contribution in [0.1, 0.15) is 44.2 Å². The van der Waals surface area contributed by atoms with Crippen LogP contribution in [0.25, 0.3) is 0 Å². The summed E-state index contributed by atoms with van der Waals surface area (Å²) in [5.41, 5.74) is 9.68. The van der Waals surface area contributed by atoms with Crippen LogP contribution in [-0.2, 0) is 32.1 Å². The Balaban J connectivity index is 1.79. The molecule has 41 heavy (non-hydrogen) atoms. The predicted molar refractivity (Wildman–Crippen MR) is 160 cm³/mol. The summed E-state index contributed by atoms with van der Waals surface area (Å²) in [6.07, 6.45) is 5.43. The fourth-order valence-corrected chi connectivity index (χ4v) is 4.99. The van der Waals surface area contributed by atoms with E-state index in [0.717, 1.165) is 11.1 Å². The highest BCUT2D eigenvalue weighted by molar-refractivity contribution is 5.93. The van der Waals surface area contributed by atoms with Gasteiger partial charge in [0.25, 0.3) is 0 Å². The number of benzene rings is 2. The Morgan fingerprint density at radius 1 is 1.07 bits per heavy atom. The molecule has 0 spiro atoms. The van der Waals surface area contributed by atoms with Crippen molar-refractivity contribution >= 4 is 17.7 Å². The summed E-state index contributed by atoms with van der Waals surface area (Å²) >= 11 is 0. The minimum absolute atomic E-state index is 0.00175. The molecule has 9 nitrogen and oxygen atoms in total. The lowest BCUT2D eigenvalue weighted by Gasteiger charge is -2.43. The van der Waals surface area contributed by atoms with Crippen molar-refractivity contribution in [2.45, 2.75) is 57.7 Å². The Kier molecular flexibility index (Phi) is 11.6. The van der Waals surface area contributed by atoms with Gasteiger partial charge in [-0.25, -0.2) is 5.01 Å². The number of likely N-dealkylation sites (tertiary alicyclic amines) is 1. The van der Waals surface area contributed by atoms with E-state index in [1.54, 1.807) is 30.1 Å². The molecule has 1 aliphatic heterocycles. The third-order valence-electron chi connectivity index (χ3n) is 7.00. The molecule has 1 fully saturated rings. The molecule has 2 aromatic carbocycles. The molecule has 2 aromatic rings. The SMILES string of the molecule is CN(C)NC(=O)[C@]1(Cc2ccccc2)CCCN(C(=O)[C@@H](COCc2ccccc2)NC(=O)C=CCC(C)(C)N)C1. The van der Waals surface area contributed by atoms with E-state index >= 15 is 0 Å². The van der Waals surface area contributed by atoms with E-state index in [1.807, 2.05) is 74.5 Å². The maximum Gasteiger partial charge on any atom is 0.247 e. The maximum atomic E-state index is 13.9. The number of nitrogens with one attached hydrogen (secondary N) is 2. The largest absolute Gasteiger partial charge is 0.374 e. The average Bonchev–Trinajstić information content (AvgIpc) is 2.92. The van der Waals surface area contributed by atoms with Crippen LogP contribution >= 0.6 is 0 Å². The fourth-order valence-electron chi connectivity index (χ4n) is 4.99. The normalized spacial score (nSPS) is 18.3. The van der Waals surface area contributed by atoms with Gasteiger partial charge in [0.1, 0.15) is 6.04 Å². The highest BCUT2D eigenvalue weighted by Crippen LogP contribution is 2.34. The second-order valence-corrected chi connectivity index (χ2v) is 11.8. The first-order chi connectivity index (χ1) is 19.5. The smallest absolute Gasteiger partial charge is 0.247 e. The summed E-state index contributed by atoms with van der Waals surface area (Å²) in [5.74, 6) is -0.792. The molecule has 0 aliphatic carbocycles. The van der Waals surface area contributed by atoms with Gasteiger partial charge in [0.05, 0.1) is 18.6 Å². The topological polar surface area (TPSA) is 117 Å². The van der Waals surface area contributed by atoms with Crippen LogP contribution in [0.15, 0.2) is 72.8 Å². The molecule has 1 heterocycles. The molecule has 4 N–H and O–H groups in total. The van der Waals surface area contributed by atoms with Crippen molar-refractivity contribution in [3.05, 3.63) is 83.9 Å². The third-order valence-corrected chi connectivity index (χ3v) is 7.00. The Morgan fingerprint density at radius 3 is 2.32 bits per heavy atom. The molecular formula is C32H45N5O4. The van der Waals surface area contributed by atoms with Crippen LogP contribution in [0, 0.1) is 5.41 Å². The van der Waals surface area contributed by atoms with E-state index in [-0.39, 0.29) is 25.0 Å². The van der Waals surface area contributed by atoms with Gasteiger partial charge < -0.3 is 20.7 Å². The Labute approximate surface area is 244 Å². The van der Waals surface area contributed by atoms with Crippen molar-refractivity contribution in [2.75, 3.05) is 33.8 Å². The van der Waals surface area contributed by atoms with E-state index in [2.05, 4.69) is 10.7 Å². The molecule has 2 atom stereocenters. The number of hydrogen-bond donors (Lipinski definition) is 3. The summed E-state index contributed by atoms with van der Waals surface area (Å²) in [6, 6.07) is 18.6. The Hall–Kier alpha value is -3.53. The van der Waals surface area contributed by atoms with Gasteiger partial charge >= 0.3 is 0 Å². The van der Waals surface area contributed by atoms with E-state index < -0.39 is 22.9 Å². The van der Waals surface area contributed by atoms with Gasteiger partial charge in [-0.15, -0.1) is 0 Å². The standard InChI is InChI=1S/C32H45N5O4/c1-31(2,33)18-11-17-28(38)34-27(23-41-22-26-15-9-6-10-16-26)29(39)37-20-12-19-32(24-37,30(40)35-36(3)4)21-25-13-7-5-8-14-25/h5-11,13-17,27H,12,18-24,33H2,1-4H3,(H,34,38)(H,35,40)/t27-,32+/m1/s1. The number of amides is 3. The van der Waals surface area contributed by atoms with Crippen LogP contribution in [0.3, 0.4) is 0 Å². The average molecular weight is 564 g/mol. The lowest BCUT2D eigenvalue weighted by Crippen LogP contribution is -2.59. The summed E-state index contributed by atoms with van der Waals surface area (Å²) in [7, 11) is 3.55. The van der Waals surface area contributed by atoms with Gasteiger partial charge in [0, 0.05) is 32.7 Å². The second kappa shape index (κ2) is 14.9. The molecule has 3 rings (SSSR count). The lowest BCUT2D eigenvalue weighted by molar-refractivity contribution is -0.147. The number of nitrogens with two attached hydrogens (primary N) is 1. The lowest BCUT2D eigenvalue weighted by atomic mass is 9.74. The molecule has 0 bridgehead atoms. The quantitative estimate of drug-likeness (QED) is 0.255. The zero-order chi connectivity index (χ0) is 29.9. The number of carbonyl (C=O) groups is 3. The van der Waals surface area contributed by atoms with Gasteiger partial charge in [-0.3, -0.25) is 19.8 Å². The molecule has 9 heteroatoms. The summed E-state index contributed by atoms with van der Waals surface area (Å²) < 4.78 is 5.91. The highest BCUT2D eigenvalue weighted by atomic mass is 16.5. The predicted octanol–water partition coefficient (Wildman–Crippen LogP) is 2.82. The molecule has 0 radical (unpaired) electrons. The van der Waals surface area contributed by atoms with Crippen molar-refractivity contribution < 1.29 is 19.1 Å². The van der Waals surface area contributed by atoms with E-state index in [9.17, 15) is 14.4 Å². The van der Waals surface area contributed by atoms with Gasteiger partial charge in [0.15, 0.2) is 0 Å². The van der Waals surface area contributed by atoms with E-state index in [4.69, 9.17) is 10.5 Å². The number of piperidine rings is 1. The summed E-state index contributed by atoms with van der Waals surface area (Å²) in [4.78, 5) is 42.0. The third kappa shape index (κ3) is 10.4. The van der Waals surface area contributed by atoms with E-state index in [1.165, 1.54) is 6.08 Å². The molecule has 3 amide bonds. The minimum Gasteiger partial charge on any atom is -0.374 e. The Morgan fingerprint density at radius 2 is 1.71 bits per heavy atom. The highest BCUT2D eigenvalue weighted by Gasteiger charge is 2.44. The summed E-state index contributed by atoms with van der Waals surface area (Å²) in [5, 5.41) is 4.46. The summed E-state index contributed by atoms with van der Waals surface area (Å²) in [6.45, 7) is 4.80. The first-order valence-electron chi connectivity index (χ1n) is 14.2. The Bertz CT molecular complexity index is 1160. The van der Waals surface area contributed by atoms with Gasteiger partial charge in [0.2, 0.25) is 17.7 Å². The molecular weight excluding hydrogens is 518 g/mol. The van der Waals surface area contributed by atoms with Gasteiger partial charge in [-0.2, -0.15) is 0 Å². The maximum absolute atomic E-state index is 13.9. The second-order valence-electron chi connectivity index (χ2n) is 11.8. The van der Waals surface area contributed by atoms with Crippen molar-refractivity contribution in [1.82, 2.24) is 20.7 Å². The number of rotatable bonds is 13. The van der Waals surface area contributed by atoms with Crippen molar-refractivity contribution in [3.63, 3.8) is 0 Å². The van der Waals surface area contributed by atoms with Crippen LogP contribution < -0.4 is 16.5 Å². The fraction of sp³-hybridized carbons (Fsp3) is 0.469. The number of hydrazine groups is 1.